The van der Waals surface area contributed by atoms with Gasteiger partial charge in [-0.25, -0.2) is 13.9 Å². The second-order valence-electron chi connectivity index (χ2n) is 5.92. The maximum Gasteiger partial charge on any atom is 0.338 e. The zero-order valence-electron chi connectivity index (χ0n) is 15.3. The molecule has 0 bridgehead atoms. The molecule has 1 N–H and O–H groups in total. The smallest absolute Gasteiger partial charge is 0.338 e. The SMILES string of the molecule is COc1cccc(C(=O)OCC(=O)Nc2cc(C)nn2-c2ccc(F)cc2)c1. The number of esters is 1. The van der Waals surface area contributed by atoms with Gasteiger partial charge in [-0.2, -0.15) is 5.10 Å². The van der Waals surface area contributed by atoms with E-state index in [1.807, 2.05) is 0 Å². The Morgan fingerprint density at radius 1 is 1.14 bits per heavy atom. The van der Waals surface area contributed by atoms with Crippen molar-refractivity contribution in [2.24, 2.45) is 0 Å². The zero-order valence-corrected chi connectivity index (χ0v) is 15.3. The number of carbonyl (C=O) groups excluding carboxylic acids is 2. The number of carbonyl (C=O) groups is 2. The lowest BCUT2D eigenvalue weighted by Crippen LogP contribution is -2.22. The first-order chi connectivity index (χ1) is 13.5. The number of methoxy groups -OCH3 is 1. The van der Waals surface area contributed by atoms with E-state index in [4.69, 9.17) is 9.47 Å². The first kappa shape index (κ1) is 19.1. The van der Waals surface area contributed by atoms with E-state index in [9.17, 15) is 14.0 Å². The fraction of sp³-hybridized carbons (Fsp3) is 0.150. The summed E-state index contributed by atoms with van der Waals surface area (Å²) in [6.45, 7) is 1.29. The highest BCUT2D eigenvalue weighted by molar-refractivity contribution is 5.95. The van der Waals surface area contributed by atoms with Crippen molar-refractivity contribution in [3.05, 3.63) is 71.7 Å². The van der Waals surface area contributed by atoms with Gasteiger partial charge in [0.15, 0.2) is 6.61 Å². The minimum absolute atomic E-state index is 0.277. The summed E-state index contributed by atoms with van der Waals surface area (Å²) < 4.78 is 24.7. The summed E-state index contributed by atoms with van der Waals surface area (Å²) in [5.41, 5.74) is 1.52. The summed E-state index contributed by atoms with van der Waals surface area (Å²) in [7, 11) is 1.49. The highest BCUT2D eigenvalue weighted by atomic mass is 19.1. The molecule has 0 fully saturated rings. The van der Waals surface area contributed by atoms with Gasteiger partial charge in [-0.1, -0.05) is 6.07 Å². The lowest BCUT2D eigenvalue weighted by atomic mass is 10.2. The van der Waals surface area contributed by atoms with Gasteiger partial charge in [-0.15, -0.1) is 0 Å². The predicted molar refractivity (Wildman–Crippen MR) is 100 cm³/mol. The van der Waals surface area contributed by atoms with Crippen LogP contribution in [0.3, 0.4) is 0 Å². The van der Waals surface area contributed by atoms with Gasteiger partial charge in [0.05, 0.1) is 24.1 Å². The van der Waals surface area contributed by atoms with Crippen LogP contribution in [0, 0.1) is 12.7 Å². The van der Waals surface area contributed by atoms with Crippen molar-refractivity contribution in [1.82, 2.24) is 9.78 Å². The minimum atomic E-state index is -0.641. The number of hydrogen-bond donors (Lipinski definition) is 1. The van der Waals surface area contributed by atoms with Gasteiger partial charge in [-0.05, 0) is 49.4 Å². The number of amides is 1. The van der Waals surface area contributed by atoms with Gasteiger partial charge in [0.25, 0.3) is 5.91 Å². The van der Waals surface area contributed by atoms with Crippen LogP contribution >= 0.6 is 0 Å². The molecule has 8 heteroatoms. The highest BCUT2D eigenvalue weighted by Crippen LogP contribution is 2.18. The van der Waals surface area contributed by atoms with Crippen LogP contribution in [0.1, 0.15) is 16.1 Å². The molecule has 1 aromatic heterocycles. The number of benzene rings is 2. The fourth-order valence-electron chi connectivity index (χ4n) is 2.51. The van der Waals surface area contributed by atoms with Crippen molar-refractivity contribution in [1.29, 1.82) is 0 Å². The second-order valence-corrected chi connectivity index (χ2v) is 5.92. The molecule has 0 aliphatic heterocycles. The van der Waals surface area contributed by atoms with E-state index in [1.54, 1.807) is 43.3 Å². The molecule has 7 nitrogen and oxygen atoms in total. The minimum Gasteiger partial charge on any atom is -0.497 e. The van der Waals surface area contributed by atoms with Crippen LogP contribution in [0.25, 0.3) is 5.69 Å². The van der Waals surface area contributed by atoms with Gasteiger partial charge in [0.1, 0.15) is 17.4 Å². The number of halogens is 1. The highest BCUT2D eigenvalue weighted by Gasteiger charge is 2.14. The molecule has 28 heavy (non-hydrogen) atoms. The van der Waals surface area contributed by atoms with Crippen molar-refractivity contribution < 1.29 is 23.5 Å². The third kappa shape index (κ3) is 4.53. The van der Waals surface area contributed by atoms with E-state index in [2.05, 4.69) is 10.4 Å². The van der Waals surface area contributed by atoms with Crippen LogP contribution in [-0.2, 0) is 9.53 Å². The molecule has 1 heterocycles. The second kappa shape index (κ2) is 8.34. The zero-order chi connectivity index (χ0) is 20.1. The first-order valence-electron chi connectivity index (χ1n) is 8.40. The maximum atomic E-state index is 13.1. The van der Waals surface area contributed by atoms with Crippen LogP contribution in [0.15, 0.2) is 54.6 Å². The van der Waals surface area contributed by atoms with Crippen molar-refractivity contribution >= 4 is 17.7 Å². The molecular formula is C20H18FN3O4. The molecule has 2 aromatic carbocycles. The molecular weight excluding hydrogens is 365 g/mol. The topological polar surface area (TPSA) is 82.4 Å². The summed E-state index contributed by atoms with van der Waals surface area (Å²) in [5.74, 6) is -0.649. The van der Waals surface area contributed by atoms with Gasteiger partial charge in [0, 0.05) is 6.07 Å². The largest absolute Gasteiger partial charge is 0.497 e. The number of rotatable bonds is 6. The van der Waals surface area contributed by atoms with Crippen molar-refractivity contribution in [2.75, 3.05) is 19.0 Å². The number of anilines is 1. The standard InChI is InChI=1S/C20H18FN3O4/c1-13-10-18(24(23-13)16-8-6-15(21)7-9-16)22-19(25)12-28-20(26)14-4-3-5-17(11-14)27-2/h3-11H,12H2,1-2H3,(H,22,25). The molecule has 3 rings (SSSR count). The number of aryl methyl sites for hydroxylation is 1. The number of nitrogens with one attached hydrogen (secondary N) is 1. The van der Waals surface area contributed by atoms with Crippen LogP contribution in [0.2, 0.25) is 0 Å². The van der Waals surface area contributed by atoms with Crippen molar-refractivity contribution in [3.63, 3.8) is 0 Å². The summed E-state index contributed by atoms with van der Waals surface area (Å²) in [5, 5.41) is 6.92. The van der Waals surface area contributed by atoms with Crippen LogP contribution < -0.4 is 10.1 Å². The molecule has 0 atom stereocenters. The Morgan fingerprint density at radius 2 is 1.89 bits per heavy atom. The molecule has 0 saturated heterocycles. The van der Waals surface area contributed by atoms with Crippen molar-refractivity contribution in [3.8, 4) is 11.4 Å². The Bertz CT molecular complexity index is 999. The number of nitrogens with zero attached hydrogens (tertiary/aromatic N) is 2. The van der Waals surface area contributed by atoms with Gasteiger partial charge in [0.2, 0.25) is 0 Å². The molecule has 0 saturated carbocycles. The van der Waals surface area contributed by atoms with Gasteiger partial charge in [-0.3, -0.25) is 4.79 Å². The molecule has 1 amide bonds. The molecule has 144 valence electrons. The van der Waals surface area contributed by atoms with E-state index in [1.165, 1.54) is 30.0 Å². The Labute approximate surface area is 160 Å². The molecule has 0 aliphatic carbocycles. The van der Waals surface area contributed by atoms with E-state index in [0.29, 0.717) is 22.9 Å². The van der Waals surface area contributed by atoms with Crippen LogP contribution in [0.5, 0.6) is 5.75 Å². The lowest BCUT2D eigenvalue weighted by molar-refractivity contribution is -0.119. The van der Waals surface area contributed by atoms with E-state index >= 15 is 0 Å². The summed E-state index contributed by atoms with van der Waals surface area (Å²) in [6, 6.07) is 13.8. The number of ether oxygens (including phenoxy) is 2. The average Bonchev–Trinajstić information content (AvgIpc) is 3.06. The summed E-state index contributed by atoms with van der Waals surface area (Å²) in [4.78, 5) is 24.3. The Kier molecular flexibility index (Phi) is 5.69. The predicted octanol–water partition coefficient (Wildman–Crippen LogP) is 3.12. The van der Waals surface area contributed by atoms with Crippen molar-refractivity contribution in [2.45, 2.75) is 6.92 Å². The molecule has 3 aromatic rings. The number of hydrogen-bond acceptors (Lipinski definition) is 5. The number of aromatic nitrogens is 2. The van der Waals surface area contributed by atoms with Gasteiger partial charge < -0.3 is 14.8 Å². The maximum absolute atomic E-state index is 13.1. The van der Waals surface area contributed by atoms with E-state index in [-0.39, 0.29) is 11.4 Å². The first-order valence-corrected chi connectivity index (χ1v) is 8.40. The quantitative estimate of drug-likeness (QED) is 0.662. The summed E-state index contributed by atoms with van der Waals surface area (Å²) >= 11 is 0. The molecule has 0 spiro atoms. The van der Waals surface area contributed by atoms with Gasteiger partial charge >= 0.3 is 5.97 Å². The van der Waals surface area contributed by atoms with E-state index < -0.39 is 18.5 Å². The molecule has 0 aliphatic rings. The normalized spacial score (nSPS) is 10.4. The fourth-order valence-corrected chi connectivity index (χ4v) is 2.51. The Balaban J connectivity index is 1.65. The Morgan fingerprint density at radius 3 is 2.61 bits per heavy atom. The van der Waals surface area contributed by atoms with Crippen LogP contribution in [-0.4, -0.2) is 35.4 Å². The van der Waals surface area contributed by atoms with Crippen LogP contribution in [0.4, 0.5) is 10.2 Å². The third-order valence-electron chi connectivity index (χ3n) is 3.81. The summed E-state index contributed by atoms with van der Waals surface area (Å²) in [6.07, 6.45) is 0. The average molecular weight is 383 g/mol. The monoisotopic (exact) mass is 383 g/mol. The third-order valence-corrected chi connectivity index (χ3v) is 3.81. The Hall–Kier alpha value is -3.68. The molecule has 0 unspecified atom stereocenters. The molecule has 0 radical (unpaired) electrons. The van der Waals surface area contributed by atoms with E-state index in [0.717, 1.165) is 0 Å². The lowest BCUT2D eigenvalue weighted by Gasteiger charge is -2.10.